The van der Waals surface area contributed by atoms with Crippen LogP contribution in [-0.2, 0) is 25.8 Å². The van der Waals surface area contributed by atoms with Gasteiger partial charge in [-0.1, -0.05) is 30.3 Å². The molecular formula is C23H23F4N3O2. The average Bonchev–Trinajstić information content (AvgIpc) is 3.20. The minimum absolute atomic E-state index is 0.121. The van der Waals surface area contributed by atoms with Gasteiger partial charge in [-0.25, -0.2) is 9.37 Å². The van der Waals surface area contributed by atoms with Gasteiger partial charge in [0.2, 0.25) is 5.89 Å². The van der Waals surface area contributed by atoms with Gasteiger partial charge in [0.05, 0.1) is 12.1 Å². The quantitative estimate of drug-likeness (QED) is 0.448. The lowest BCUT2D eigenvalue weighted by Crippen LogP contribution is -2.26. The molecule has 0 unspecified atom stereocenters. The Morgan fingerprint density at radius 2 is 1.69 bits per heavy atom. The molecule has 0 N–H and O–H groups in total. The van der Waals surface area contributed by atoms with Gasteiger partial charge in [-0.3, -0.25) is 9.69 Å². The highest BCUT2D eigenvalue weighted by Gasteiger charge is 2.30. The topological polar surface area (TPSA) is 49.6 Å². The third-order valence-corrected chi connectivity index (χ3v) is 4.91. The number of carbonyl (C=O) groups is 1. The first-order valence-corrected chi connectivity index (χ1v) is 9.98. The summed E-state index contributed by atoms with van der Waals surface area (Å²) >= 11 is 0. The van der Waals surface area contributed by atoms with Crippen molar-refractivity contribution < 1.29 is 26.8 Å². The molecule has 0 saturated heterocycles. The molecule has 1 amide bonds. The summed E-state index contributed by atoms with van der Waals surface area (Å²) in [7, 11) is 1.64. The van der Waals surface area contributed by atoms with Gasteiger partial charge in [-0.15, -0.1) is 0 Å². The third kappa shape index (κ3) is 6.16. The Kier molecular flexibility index (Phi) is 7.29. The van der Waals surface area contributed by atoms with Crippen molar-refractivity contribution in [1.29, 1.82) is 0 Å². The average molecular weight is 449 g/mol. The zero-order valence-corrected chi connectivity index (χ0v) is 17.7. The Balaban J connectivity index is 1.83. The number of hydrogen-bond donors (Lipinski definition) is 0. The maximum absolute atomic E-state index is 13.6. The fourth-order valence-electron chi connectivity index (χ4n) is 3.18. The number of alkyl halides is 3. The zero-order chi connectivity index (χ0) is 23.3. The van der Waals surface area contributed by atoms with Crippen LogP contribution in [0.4, 0.5) is 17.6 Å². The van der Waals surface area contributed by atoms with Gasteiger partial charge in [0.15, 0.2) is 5.69 Å². The molecule has 1 aromatic heterocycles. The van der Waals surface area contributed by atoms with E-state index in [0.29, 0.717) is 17.7 Å². The highest BCUT2D eigenvalue weighted by Crippen LogP contribution is 2.30. The van der Waals surface area contributed by atoms with Crippen LogP contribution in [0.25, 0.3) is 0 Å². The standard InChI is InChI=1S/C23H23F4N3O2/c1-3-29(2)22(31)20-15-32-21(28-20)14-30(13-17-7-5-9-19(24)11-17)12-16-6-4-8-18(10-16)23(25,26)27/h4-11,15H,3,12-14H2,1-2H3. The van der Waals surface area contributed by atoms with Crippen molar-refractivity contribution in [1.82, 2.24) is 14.8 Å². The van der Waals surface area contributed by atoms with Crippen molar-refractivity contribution in [3.05, 3.63) is 88.9 Å². The van der Waals surface area contributed by atoms with E-state index in [1.165, 1.54) is 29.4 Å². The largest absolute Gasteiger partial charge is 0.447 e. The fraction of sp³-hybridized carbons (Fsp3) is 0.304. The van der Waals surface area contributed by atoms with Gasteiger partial charge in [-0.2, -0.15) is 13.2 Å². The molecule has 1 heterocycles. The molecule has 0 aliphatic rings. The van der Waals surface area contributed by atoms with Crippen LogP contribution in [0.5, 0.6) is 0 Å². The third-order valence-electron chi connectivity index (χ3n) is 4.91. The number of hydrogen-bond acceptors (Lipinski definition) is 4. The second-order valence-corrected chi connectivity index (χ2v) is 7.42. The van der Waals surface area contributed by atoms with E-state index in [4.69, 9.17) is 4.42 Å². The van der Waals surface area contributed by atoms with E-state index in [9.17, 15) is 22.4 Å². The van der Waals surface area contributed by atoms with Crippen LogP contribution in [0.1, 0.15) is 40.0 Å². The predicted molar refractivity (Wildman–Crippen MR) is 110 cm³/mol. The molecule has 0 atom stereocenters. The van der Waals surface area contributed by atoms with Crippen molar-refractivity contribution in [2.24, 2.45) is 0 Å². The van der Waals surface area contributed by atoms with E-state index in [1.807, 2.05) is 6.92 Å². The smallest absolute Gasteiger partial charge is 0.416 e. The number of rotatable bonds is 8. The molecule has 0 fully saturated rings. The SMILES string of the molecule is CCN(C)C(=O)c1coc(CN(Cc2cccc(F)c2)Cc2cccc(C(F)(F)F)c2)n1. The molecule has 3 aromatic rings. The second-order valence-electron chi connectivity index (χ2n) is 7.42. The Bertz CT molecular complexity index is 1070. The van der Waals surface area contributed by atoms with Crippen molar-refractivity contribution in [2.75, 3.05) is 13.6 Å². The second kappa shape index (κ2) is 9.95. The number of benzene rings is 2. The Labute approximate surface area is 183 Å². The molecule has 2 aromatic carbocycles. The van der Waals surface area contributed by atoms with E-state index in [0.717, 1.165) is 12.1 Å². The lowest BCUT2D eigenvalue weighted by Gasteiger charge is -2.21. The van der Waals surface area contributed by atoms with Crippen LogP contribution in [0.3, 0.4) is 0 Å². The lowest BCUT2D eigenvalue weighted by atomic mass is 10.1. The maximum atomic E-state index is 13.6. The van der Waals surface area contributed by atoms with Crippen LogP contribution < -0.4 is 0 Å². The summed E-state index contributed by atoms with van der Waals surface area (Å²) in [5, 5.41) is 0. The number of halogens is 4. The lowest BCUT2D eigenvalue weighted by molar-refractivity contribution is -0.137. The van der Waals surface area contributed by atoms with Crippen LogP contribution in [0.15, 0.2) is 59.2 Å². The van der Waals surface area contributed by atoms with Crippen LogP contribution in [-0.4, -0.2) is 34.3 Å². The molecule has 0 aliphatic carbocycles. The summed E-state index contributed by atoms with van der Waals surface area (Å²) in [6, 6.07) is 11.0. The Morgan fingerprint density at radius 1 is 1.03 bits per heavy atom. The highest BCUT2D eigenvalue weighted by atomic mass is 19.4. The summed E-state index contributed by atoms with van der Waals surface area (Å²) in [5.41, 5.74) is 0.483. The van der Waals surface area contributed by atoms with Crippen molar-refractivity contribution in [3.8, 4) is 0 Å². The molecule has 3 rings (SSSR count). The first-order chi connectivity index (χ1) is 15.2. The van der Waals surface area contributed by atoms with Gasteiger partial charge in [0, 0.05) is 26.7 Å². The molecule has 0 bridgehead atoms. The van der Waals surface area contributed by atoms with Gasteiger partial charge < -0.3 is 9.32 Å². The zero-order valence-electron chi connectivity index (χ0n) is 17.7. The van der Waals surface area contributed by atoms with Crippen molar-refractivity contribution >= 4 is 5.91 Å². The number of carbonyl (C=O) groups excluding carboxylic acids is 1. The van der Waals surface area contributed by atoms with Gasteiger partial charge in [-0.05, 0) is 36.2 Å². The highest BCUT2D eigenvalue weighted by molar-refractivity contribution is 5.91. The fourth-order valence-corrected chi connectivity index (χ4v) is 3.18. The molecule has 0 aliphatic heterocycles. The number of aromatic nitrogens is 1. The van der Waals surface area contributed by atoms with E-state index in [2.05, 4.69) is 4.98 Å². The number of nitrogens with zero attached hydrogens (tertiary/aromatic N) is 3. The molecule has 170 valence electrons. The number of oxazole rings is 1. The molecule has 5 nitrogen and oxygen atoms in total. The molecule has 9 heteroatoms. The minimum Gasteiger partial charge on any atom is -0.447 e. The van der Waals surface area contributed by atoms with Gasteiger partial charge in [0.1, 0.15) is 12.1 Å². The van der Waals surface area contributed by atoms with Gasteiger partial charge >= 0.3 is 6.18 Å². The summed E-state index contributed by atoms with van der Waals surface area (Å²) in [6.07, 6.45) is -3.19. The van der Waals surface area contributed by atoms with Crippen LogP contribution >= 0.6 is 0 Å². The normalized spacial score (nSPS) is 11.7. The van der Waals surface area contributed by atoms with Gasteiger partial charge in [0.25, 0.3) is 5.91 Å². The van der Waals surface area contributed by atoms with E-state index < -0.39 is 17.6 Å². The molecular weight excluding hydrogens is 426 g/mol. The molecule has 32 heavy (non-hydrogen) atoms. The predicted octanol–water partition coefficient (Wildman–Crippen LogP) is 5.13. The van der Waals surface area contributed by atoms with E-state index in [1.54, 1.807) is 30.1 Å². The number of amides is 1. The summed E-state index contributed by atoms with van der Waals surface area (Å²) < 4.78 is 58.4. The molecule has 0 saturated carbocycles. The van der Waals surface area contributed by atoms with E-state index in [-0.39, 0.29) is 37.1 Å². The van der Waals surface area contributed by atoms with E-state index >= 15 is 0 Å². The van der Waals surface area contributed by atoms with Crippen LogP contribution in [0.2, 0.25) is 0 Å². The first kappa shape index (κ1) is 23.5. The summed E-state index contributed by atoms with van der Waals surface area (Å²) in [4.78, 5) is 19.7. The van der Waals surface area contributed by atoms with Crippen molar-refractivity contribution in [3.63, 3.8) is 0 Å². The van der Waals surface area contributed by atoms with Crippen molar-refractivity contribution in [2.45, 2.75) is 32.7 Å². The maximum Gasteiger partial charge on any atom is 0.416 e. The minimum atomic E-state index is -4.45. The Hall–Kier alpha value is -3.20. The monoisotopic (exact) mass is 449 g/mol. The Morgan fingerprint density at radius 3 is 2.31 bits per heavy atom. The molecule has 0 radical (unpaired) electrons. The molecule has 0 spiro atoms. The van der Waals surface area contributed by atoms with Crippen LogP contribution in [0, 0.1) is 5.82 Å². The first-order valence-electron chi connectivity index (χ1n) is 9.98. The summed E-state index contributed by atoms with van der Waals surface area (Å²) in [5.74, 6) is -0.466. The summed E-state index contributed by atoms with van der Waals surface area (Å²) in [6.45, 7) is 2.84.